The van der Waals surface area contributed by atoms with Gasteiger partial charge in [0.15, 0.2) is 0 Å². The SMILES string of the molecule is CCCOc1cccc(SCCC)c1N. The van der Waals surface area contributed by atoms with Crippen molar-refractivity contribution < 1.29 is 4.74 Å². The van der Waals surface area contributed by atoms with Gasteiger partial charge in [0.05, 0.1) is 12.3 Å². The average molecular weight is 225 g/mol. The predicted octanol–water partition coefficient (Wildman–Crippen LogP) is 3.56. The van der Waals surface area contributed by atoms with Crippen molar-refractivity contribution in [3.63, 3.8) is 0 Å². The van der Waals surface area contributed by atoms with E-state index in [4.69, 9.17) is 10.5 Å². The molecule has 0 radical (unpaired) electrons. The molecule has 0 spiro atoms. The number of thioether (sulfide) groups is 1. The number of ether oxygens (including phenoxy) is 1. The summed E-state index contributed by atoms with van der Waals surface area (Å²) in [5, 5.41) is 0. The fourth-order valence-corrected chi connectivity index (χ4v) is 2.05. The molecule has 1 rings (SSSR count). The van der Waals surface area contributed by atoms with Crippen LogP contribution in [0.5, 0.6) is 5.75 Å². The fourth-order valence-electron chi connectivity index (χ4n) is 1.20. The minimum atomic E-state index is 0.728. The van der Waals surface area contributed by atoms with E-state index in [0.717, 1.165) is 41.5 Å². The number of anilines is 1. The lowest BCUT2D eigenvalue weighted by atomic mass is 10.3. The second-order valence-electron chi connectivity index (χ2n) is 3.36. The van der Waals surface area contributed by atoms with Crippen molar-refractivity contribution in [3.05, 3.63) is 18.2 Å². The van der Waals surface area contributed by atoms with Gasteiger partial charge in [0.2, 0.25) is 0 Å². The largest absolute Gasteiger partial charge is 0.491 e. The van der Waals surface area contributed by atoms with E-state index in [2.05, 4.69) is 19.9 Å². The summed E-state index contributed by atoms with van der Waals surface area (Å²) in [6, 6.07) is 5.98. The second kappa shape index (κ2) is 6.62. The molecule has 0 unspecified atom stereocenters. The van der Waals surface area contributed by atoms with Crippen LogP contribution in [0.1, 0.15) is 26.7 Å². The van der Waals surface area contributed by atoms with E-state index in [1.54, 1.807) is 11.8 Å². The average Bonchev–Trinajstić information content (AvgIpc) is 2.26. The molecule has 2 N–H and O–H groups in total. The molecule has 0 fully saturated rings. The third kappa shape index (κ3) is 3.67. The number of benzene rings is 1. The Balaban J connectivity index is 2.71. The van der Waals surface area contributed by atoms with Crippen LogP contribution in [-0.2, 0) is 0 Å². The summed E-state index contributed by atoms with van der Waals surface area (Å²) in [5.41, 5.74) is 6.80. The van der Waals surface area contributed by atoms with Gasteiger partial charge < -0.3 is 10.5 Å². The van der Waals surface area contributed by atoms with Gasteiger partial charge in [0, 0.05) is 4.90 Å². The van der Waals surface area contributed by atoms with Gasteiger partial charge in [-0.1, -0.05) is 19.9 Å². The molecule has 3 heteroatoms. The Morgan fingerprint density at radius 2 is 2.07 bits per heavy atom. The Labute approximate surface area is 96.2 Å². The van der Waals surface area contributed by atoms with E-state index in [1.165, 1.54) is 0 Å². The van der Waals surface area contributed by atoms with Gasteiger partial charge in [0.1, 0.15) is 5.75 Å². The highest BCUT2D eigenvalue weighted by Crippen LogP contribution is 2.32. The van der Waals surface area contributed by atoms with Gasteiger partial charge >= 0.3 is 0 Å². The van der Waals surface area contributed by atoms with Crippen LogP contribution in [0.3, 0.4) is 0 Å². The first-order valence-electron chi connectivity index (χ1n) is 5.43. The lowest BCUT2D eigenvalue weighted by Crippen LogP contribution is -2.00. The Morgan fingerprint density at radius 1 is 1.27 bits per heavy atom. The van der Waals surface area contributed by atoms with Crippen molar-refractivity contribution in [2.75, 3.05) is 18.1 Å². The zero-order valence-electron chi connectivity index (χ0n) is 9.45. The molecule has 1 aromatic rings. The maximum Gasteiger partial charge on any atom is 0.143 e. The number of nitrogens with two attached hydrogens (primary N) is 1. The van der Waals surface area contributed by atoms with Crippen LogP contribution >= 0.6 is 11.8 Å². The number of rotatable bonds is 6. The molecular formula is C12H19NOS. The summed E-state index contributed by atoms with van der Waals surface area (Å²) < 4.78 is 5.57. The van der Waals surface area contributed by atoms with Gasteiger partial charge in [-0.3, -0.25) is 0 Å². The van der Waals surface area contributed by atoms with E-state index in [-0.39, 0.29) is 0 Å². The molecule has 0 aliphatic carbocycles. The number of hydrogen-bond donors (Lipinski definition) is 1. The van der Waals surface area contributed by atoms with Crippen molar-refractivity contribution in [2.24, 2.45) is 0 Å². The molecule has 2 nitrogen and oxygen atoms in total. The standard InChI is InChI=1S/C12H19NOS/c1-3-8-14-10-6-5-7-11(12(10)13)15-9-4-2/h5-7H,3-4,8-9,13H2,1-2H3. The zero-order chi connectivity index (χ0) is 11.1. The third-order valence-electron chi connectivity index (χ3n) is 1.95. The highest BCUT2D eigenvalue weighted by Gasteiger charge is 2.05. The van der Waals surface area contributed by atoms with Crippen LogP contribution in [0.15, 0.2) is 23.1 Å². The fraction of sp³-hybridized carbons (Fsp3) is 0.500. The van der Waals surface area contributed by atoms with Crippen LogP contribution < -0.4 is 10.5 Å². The predicted molar refractivity (Wildman–Crippen MR) is 67.7 cm³/mol. The summed E-state index contributed by atoms with van der Waals surface area (Å²) in [7, 11) is 0. The number of hydrogen-bond acceptors (Lipinski definition) is 3. The molecule has 0 amide bonds. The van der Waals surface area contributed by atoms with Gasteiger partial charge in [-0.25, -0.2) is 0 Å². The molecule has 0 saturated carbocycles. The lowest BCUT2D eigenvalue weighted by Gasteiger charge is -2.11. The first-order chi connectivity index (χ1) is 7.29. The summed E-state index contributed by atoms with van der Waals surface area (Å²) in [4.78, 5) is 1.13. The molecule has 0 aliphatic heterocycles. The van der Waals surface area contributed by atoms with E-state index >= 15 is 0 Å². The molecule has 0 heterocycles. The monoisotopic (exact) mass is 225 g/mol. The molecule has 0 aromatic heterocycles. The first-order valence-corrected chi connectivity index (χ1v) is 6.42. The topological polar surface area (TPSA) is 35.2 Å². The Kier molecular flexibility index (Phi) is 5.40. The van der Waals surface area contributed by atoms with Crippen molar-refractivity contribution >= 4 is 17.4 Å². The Hall–Kier alpha value is -0.830. The number of para-hydroxylation sites is 1. The maximum atomic E-state index is 6.02. The van der Waals surface area contributed by atoms with E-state index in [0.29, 0.717) is 0 Å². The highest BCUT2D eigenvalue weighted by molar-refractivity contribution is 7.99. The minimum absolute atomic E-state index is 0.728. The van der Waals surface area contributed by atoms with Crippen LogP contribution in [0.2, 0.25) is 0 Å². The van der Waals surface area contributed by atoms with Crippen LogP contribution in [0, 0.1) is 0 Å². The van der Waals surface area contributed by atoms with Gasteiger partial charge in [-0.2, -0.15) is 0 Å². The second-order valence-corrected chi connectivity index (χ2v) is 4.50. The van der Waals surface area contributed by atoms with Crippen molar-refractivity contribution in [3.8, 4) is 5.75 Å². The van der Waals surface area contributed by atoms with Crippen molar-refractivity contribution in [1.82, 2.24) is 0 Å². The van der Waals surface area contributed by atoms with Crippen LogP contribution in [0.4, 0.5) is 5.69 Å². The lowest BCUT2D eigenvalue weighted by molar-refractivity contribution is 0.318. The van der Waals surface area contributed by atoms with Crippen molar-refractivity contribution in [2.45, 2.75) is 31.6 Å². The third-order valence-corrected chi connectivity index (χ3v) is 3.23. The summed E-state index contributed by atoms with van der Waals surface area (Å²) >= 11 is 1.79. The molecular weight excluding hydrogens is 206 g/mol. The molecule has 0 bridgehead atoms. The molecule has 15 heavy (non-hydrogen) atoms. The smallest absolute Gasteiger partial charge is 0.143 e. The van der Waals surface area contributed by atoms with Gasteiger partial charge in [-0.15, -0.1) is 11.8 Å². The Bertz CT molecular complexity index is 275. The van der Waals surface area contributed by atoms with E-state index in [1.807, 2.05) is 12.1 Å². The minimum Gasteiger partial charge on any atom is -0.491 e. The van der Waals surface area contributed by atoms with Crippen LogP contribution in [-0.4, -0.2) is 12.4 Å². The normalized spacial score (nSPS) is 10.3. The summed E-state index contributed by atoms with van der Waals surface area (Å²) in [6.45, 7) is 4.98. The molecule has 1 aromatic carbocycles. The van der Waals surface area contributed by atoms with Gasteiger partial charge in [-0.05, 0) is 30.7 Å². The highest BCUT2D eigenvalue weighted by atomic mass is 32.2. The molecule has 0 atom stereocenters. The molecule has 0 aliphatic rings. The van der Waals surface area contributed by atoms with E-state index in [9.17, 15) is 0 Å². The number of nitrogen functional groups attached to an aromatic ring is 1. The summed E-state index contributed by atoms with van der Waals surface area (Å²) in [6.07, 6.45) is 2.16. The zero-order valence-corrected chi connectivity index (χ0v) is 10.3. The first kappa shape index (κ1) is 12.2. The summed E-state index contributed by atoms with van der Waals surface area (Å²) in [5.74, 6) is 1.92. The van der Waals surface area contributed by atoms with Crippen molar-refractivity contribution in [1.29, 1.82) is 0 Å². The molecule has 84 valence electrons. The van der Waals surface area contributed by atoms with Gasteiger partial charge in [0.25, 0.3) is 0 Å². The van der Waals surface area contributed by atoms with E-state index < -0.39 is 0 Å². The van der Waals surface area contributed by atoms with Crippen LogP contribution in [0.25, 0.3) is 0 Å². The quantitative estimate of drug-likeness (QED) is 0.594. The Morgan fingerprint density at radius 3 is 2.73 bits per heavy atom. The maximum absolute atomic E-state index is 6.02. The molecule has 0 saturated heterocycles.